The molecule has 0 radical (unpaired) electrons. The summed E-state index contributed by atoms with van der Waals surface area (Å²) in [5.74, 6) is -0.992. The highest BCUT2D eigenvalue weighted by Gasteiger charge is 2.17. The SMILES string of the molecule is COc1cc(/C=C(\C#N)C(=O)Nc2ccc(C)c(C)c2)cc(Cl)c1OC(F)F. The van der Waals surface area contributed by atoms with E-state index in [0.717, 1.165) is 11.1 Å². The largest absolute Gasteiger partial charge is 0.493 e. The van der Waals surface area contributed by atoms with E-state index in [0.29, 0.717) is 11.3 Å². The number of rotatable bonds is 6. The summed E-state index contributed by atoms with van der Waals surface area (Å²) in [6.07, 6.45) is 1.27. The molecule has 0 atom stereocenters. The number of amides is 1. The molecule has 146 valence electrons. The highest BCUT2D eigenvalue weighted by Crippen LogP contribution is 2.38. The van der Waals surface area contributed by atoms with Crippen molar-refractivity contribution >= 4 is 29.3 Å². The zero-order chi connectivity index (χ0) is 20.8. The molecule has 0 aromatic heterocycles. The maximum absolute atomic E-state index is 12.5. The minimum Gasteiger partial charge on any atom is -0.493 e. The molecule has 0 saturated carbocycles. The molecule has 2 rings (SSSR count). The molecule has 0 spiro atoms. The van der Waals surface area contributed by atoms with E-state index in [2.05, 4.69) is 10.1 Å². The van der Waals surface area contributed by atoms with Crippen molar-refractivity contribution in [3.63, 3.8) is 0 Å². The van der Waals surface area contributed by atoms with E-state index in [1.54, 1.807) is 12.1 Å². The van der Waals surface area contributed by atoms with Crippen LogP contribution in [0.2, 0.25) is 5.02 Å². The Kier molecular flexibility index (Phi) is 6.96. The lowest BCUT2D eigenvalue weighted by Gasteiger charge is -2.12. The van der Waals surface area contributed by atoms with Crippen molar-refractivity contribution in [1.29, 1.82) is 5.26 Å². The van der Waals surface area contributed by atoms with Crippen LogP contribution in [-0.2, 0) is 4.79 Å². The van der Waals surface area contributed by atoms with Gasteiger partial charge < -0.3 is 14.8 Å². The number of aryl methyl sites for hydroxylation is 2. The molecular formula is C20H17ClF2N2O3. The third kappa shape index (κ3) is 5.21. The summed E-state index contributed by atoms with van der Waals surface area (Å²) < 4.78 is 34.4. The summed E-state index contributed by atoms with van der Waals surface area (Å²) in [7, 11) is 1.26. The van der Waals surface area contributed by atoms with E-state index in [-0.39, 0.29) is 22.1 Å². The van der Waals surface area contributed by atoms with Crippen LogP contribution < -0.4 is 14.8 Å². The first-order valence-corrected chi connectivity index (χ1v) is 8.45. The lowest BCUT2D eigenvalue weighted by Crippen LogP contribution is -2.13. The van der Waals surface area contributed by atoms with Gasteiger partial charge in [0, 0.05) is 5.69 Å². The number of carbonyl (C=O) groups excluding carboxylic acids is 1. The Balaban J connectivity index is 2.32. The van der Waals surface area contributed by atoms with Crippen LogP contribution in [0.3, 0.4) is 0 Å². The highest BCUT2D eigenvalue weighted by atomic mass is 35.5. The van der Waals surface area contributed by atoms with Crippen molar-refractivity contribution in [1.82, 2.24) is 0 Å². The predicted molar refractivity (Wildman–Crippen MR) is 103 cm³/mol. The maximum Gasteiger partial charge on any atom is 0.387 e. The van der Waals surface area contributed by atoms with Crippen molar-refractivity contribution in [2.45, 2.75) is 20.5 Å². The van der Waals surface area contributed by atoms with Gasteiger partial charge in [0.2, 0.25) is 0 Å². The third-order valence-electron chi connectivity index (χ3n) is 3.90. The Hall–Kier alpha value is -3.11. The first-order valence-electron chi connectivity index (χ1n) is 8.08. The monoisotopic (exact) mass is 406 g/mol. The molecule has 0 fully saturated rings. The molecule has 0 bridgehead atoms. The van der Waals surface area contributed by atoms with Crippen LogP contribution in [0.1, 0.15) is 16.7 Å². The maximum atomic E-state index is 12.5. The second-order valence-electron chi connectivity index (χ2n) is 5.84. The van der Waals surface area contributed by atoms with E-state index in [4.69, 9.17) is 16.3 Å². The van der Waals surface area contributed by atoms with Gasteiger partial charge in [-0.25, -0.2) is 0 Å². The molecule has 0 saturated heterocycles. The summed E-state index contributed by atoms with van der Waals surface area (Å²) in [6, 6.07) is 9.82. The van der Waals surface area contributed by atoms with Crippen molar-refractivity contribution in [2.75, 3.05) is 12.4 Å². The standard InChI is InChI=1S/C20H17ClF2N2O3/c1-11-4-5-15(6-12(11)2)25-19(26)14(10-24)7-13-8-16(21)18(28-20(22)23)17(9-13)27-3/h4-9,20H,1-3H3,(H,25,26)/b14-7+. The Bertz CT molecular complexity index is 969. The molecule has 0 aliphatic heterocycles. The quantitative estimate of drug-likeness (QED) is 0.534. The van der Waals surface area contributed by atoms with Crippen LogP contribution in [0.25, 0.3) is 6.08 Å². The molecule has 0 unspecified atom stereocenters. The Morgan fingerprint density at radius 3 is 2.54 bits per heavy atom. The Morgan fingerprint density at radius 2 is 1.96 bits per heavy atom. The van der Waals surface area contributed by atoms with Gasteiger partial charge >= 0.3 is 6.61 Å². The smallest absolute Gasteiger partial charge is 0.387 e. The van der Waals surface area contributed by atoms with Gasteiger partial charge in [0.1, 0.15) is 11.6 Å². The molecule has 0 aliphatic rings. The number of methoxy groups -OCH3 is 1. The van der Waals surface area contributed by atoms with E-state index in [1.165, 1.54) is 25.3 Å². The molecular weight excluding hydrogens is 390 g/mol. The van der Waals surface area contributed by atoms with Crippen LogP contribution in [-0.4, -0.2) is 19.6 Å². The number of carbonyl (C=O) groups is 1. The van der Waals surface area contributed by atoms with Gasteiger partial charge in [-0.3, -0.25) is 4.79 Å². The van der Waals surface area contributed by atoms with Crippen LogP contribution >= 0.6 is 11.6 Å². The molecule has 8 heteroatoms. The lowest BCUT2D eigenvalue weighted by atomic mass is 10.1. The molecule has 1 N–H and O–H groups in total. The fourth-order valence-electron chi connectivity index (χ4n) is 2.36. The minimum atomic E-state index is -3.08. The third-order valence-corrected chi connectivity index (χ3v) is 4.18. The van der Waals surface area contributed by atoms with Crippen LogP contribution in [0.15, 0.2) is 35.9 Å². The molecule has 28 heavy (non-hydrogen) atoms. The van der Waals surface area contributed by atoms with Crippen LogP contribution in [0.4, 0.5) is 14.5 Å². The zero-order valence-corrected chi connectivity index (χ0v) is 16.1. The average Bonchev–Trinajstić information content (AvgIpc) is 2.64. The number of ether oxygens (including phenoxy) is 2. The minimum absolute atomic E-state index is 0.0501. The number of nitriles is 1. The lowest BCUT2D eigenvalue weighted by molar-refractivity contribution is -0.112. The molecule has 2 aromatic carbocycles. The molecule has 5 nitrogen and oxygen atoms in total. The summed E-state index contributed by atoms with van der Waals surface area (Å²) in [6.45, 7) is 0.773. The highest BCUT2D eigenvalue weighted by molar-refractivity contribution is 6.32. The second-order valence-corrected chi connectivity index (χ2v) is 6.24. The number of nitrogens with zero attached hydrogens (tertiary/aromatic N) is 1. The molecule has 1 amide bonds. The van der Waals surface area contributed by atoms with Gasteiger partial charge in [0.15, 0.2) is 11.5 Å². The van der Waals surface area contributed by atoms with Crippen LogP contribution in [0, 0.1) is 25.2 Å². The number of hydrogen-bond donors (Lipinski definition) is 1. The summed E-state index contributed by atoms with van der Waals surface area (Å²) in [4.78, 5) is 12.4. The normalized spacial score (nSPS) is 11.1. The van der Waals surface area contributed by atoms with Crippen molar-refractivity contribution < 1.29 is 23.0 Å². The van der Waals surface area contributed by atoms with E-state index in [9.17, 15) is 18.8 Å². The molecule has 2 aromatic rings. The van der Waals surface area contributed by atoms with Crippen LogP contribution in [0.5, 0.6) is 11.5 Å². The van der Waals surface area contributed by atoms with Crippen molar-refractivity contribution in [3.05, 3.63) is 57.6 Å². The molecule has 0 heterocycles. The van der Waals surface area contributed by atoms with Gasteiger partial charge in [-0.2, -0.15) is 14.0 Å². The summed E-state index contributed by atoms with van der Waals surface area (Å²) in [5, 5.41) is 11.8. The van der Waals surface area contributed by atoms with Gasteiger partial charge in [-0.15, -0.1) is 0 Å². The van der Waals surface area contributed by atoms with Gasteiger partial charge in [-0.1, -0.05) is 17.7 Å². The number of hydrogen-bond acceptors (Lipinski definition) is 4. The topological polar surface area (TPSA) is 71.3 Å². The molecule has 0 aliphatic carbocycles. The Labute approximate surface area is 166 Å². The number of benzene rings is 2. The predicted octanol–water partition coefficient (Wildman–Crippen LogP) is 5.11. The zero-order valence-electron chi connectivity index (χ0n) is 15.3. The summed E-state index contributed by atoms with van der Waals surface area (Å²) >= 11 is 5.97. The number of halogens is 3. The van der Waals surface area contributed by atoms with Gasteiger partial charge in [0.25, 0.3) is 5.91 Å². The number of nitrogens with one attached hydrogen (secondary N) is 1. The summed E-state index contributed by atoms with van der Waals surface area (Å²) in [5.41, 5.74) is 2.73. The fraction of sp³-hybridized carbons (Fsp3) is 0.200. The fourth-order valence-corrected chi connectivity index (χ4v) is 2.62. The average molecular weight is 407 g/mol. The number of anilines is 1. The van der Waals surface area contributed by atoms with Gasteiger partial charge in [-0.05, 0) is 60.9 Å². The second kappa shape index (κ2) is 9.20. The number of alkyl halides is 2. The van der Waals surface area contributed by atoms with E-state index < -0.39 is 12.5 Å². The van der Waals surface area contributed by atoms with E-state index >= 15 is 0 Å². The van der Waals surface area contributed by atoms with Crippen molar-refractivity contribution in [3.8, 4) is 17.6 Å². The Morgan fingerprint density at radius 1 is 1.25 bits per heavy atom. The van der Waals surface area contributed by atoms with E-state index in [1.807, 2.05) is 26.0 Å². The van der Waals surface area contributed by atoms with Gasteiger partial charge in [0.05, 0.1) is 12.1 Å². The first kappa shape index (κ1) is 21.2. The first-order chi connectivity index (χ1) is 13.2. The van der Waals surface area contributed by atoms with Crippen molar-refractivity contribution in [2.24, 2.45) is 0 Å².